The van der Waals surface area contributed by atoms with Crippen LogP contribution in [0.5, 0.6) is 0 Å². The van der Waals surface area contributed by atoms with Crippen molar-refractivity contribution in [1.29, 1.82) is 0 Å². The maximum atomic E-state index is 11.3. The molecule has 0 amide bonds. The molecule has 0 radical (unpaired) electrons. The number of aliphatic hydroxyl groups is 1. The van der Waals surface area contributed by atoms with Crippen LogP contribution in [0.2, 0.25) is 0 Å². The summed E-state index contributed by atoms with van der Waals surface area (Å²) in [4.78, 5) is 7.08. The van der Waals surface area contributed by atoms with E-state index in [4.69, 9.17) is 6.42 Å². The van der Waals surface area contributed by atoms with E-state index in [1.54, 1.807) is 12.5 Å². The minimum Gasteiger partial charge on any atom is -0.379 e. The van der Waals surface area contributed by atoms with E-state index >= 15 is 0 Å². The minimum atomic E-state index is -1.10. The second-order valence-corrected chi connectivity index (χ2v) is 5.81. The van der Waals surface area contributed by atoms with Crippen LogP contribution in [0.1, 0.15) is 30.7 Å². The number of aromatic nitrogens is 2. The highest BCUT2D eigenvalue weighted by atomic mass is 16.3. The number of nitrogens with one attached hydrogen (secondary N) is 1. The molecule has 3 aromatic rings. The Morgan fingerprint density at radius 1 is 1.18 bits per heavy atom. The second kappa shape index (κ2) is 5.32. The third kappa shape index (κ3) is 2.18. The molecule has 1 unspecified atom stereocenters. The molecule has 3 nitrogen and oxygen atoms in total. The zero-order valence-corrected chi connectivity index (χ0v) is 12.7. The lowest BCUT2D eigenvalue weighted by atomic mass is 9.80. The van der Waals surface area contributed by atoms with Gasteiger partial charge in [-0.15, -0.1) is 6.42 Å². The summed E-state index contributed by atoms with van der Waals surface area (Å²) in [7, 11) is 0. The Bertz CT molecular complexity index is 843. The van der Waals surface area contributed by atoms with Crippen molar-refractivity contribution in [3.05, 3.63) is 65.7 Å². The second-order valence-electron chi connectivity index (χ2n) is 5.81. The van der Waals surface area contributed by atoms with E-state index in [0.717, 1.165) is 21.9 Å². The van der Waals surface area contributed by atoms with E-state index in [-0.39, 0.29) is 5.92 Å². The Morgan fingerprint density at radius 3 is 2.55 bits per heavy atom. The predicted octanol–water partition coefficient (Wildman–Crippen LogP) is 3.44. The molecule has 1 aromatic heterocycles. The SMILES string of the molecule is C#Cc1ccc2cc(C(O)(c3cnc[nH]3)C(C)C)ccc2c1. The molecule has 0 spiro atoms. The number of fused-ring (bicyclic) bond motifs is 1. The summed E-state index contributed by atoms with van der Waals surface area (Å²) in [5.74, 6) is 2.64. The maximum Gasteiger partial charge on any atom is 0.133 e. The highest BCUT2D eigenvalue weighted by molar-refractivity contribution is 5.84. The van der Waals surface area contributed by atoms with Crippen molar-refractivity contribution in [2.75, 3.05) is 0 Å². The van der Waals surface area contributed by atoms with Gasteiger partial charge in [-0.05, 0) is 40.5 Å². The standard InChI is InChI=1S/C19H18N2O/c1-4-14-5-6-16-10-17(8-7-15(16)9-14)19(22,13(2)3)18-11-20-12-21-18/h1,5-13,22H,2-3H3,(H,20,21). The van der Waals surface area contributed by atoms with Gasteiger partial charge in [0.1, 0.15) is 5.60 Å². The first-order valence-corrected chi connectivity index (χ1v) is 7.28. The van der Waals surface area contributed by atoms with E-state index in [9.17, 15) is 5.11 Å². The van der Waals surface area contributed by atoms with Crippen LogP contribution in [0.3, 0.4) is 0 Å². The van der Waals surface area contributed by atoms with Crippen LogP contribution in [-0.4, -0.2) is 15.1 Å². The molecule has 0 saturated heterocycles. The van der Waals surface area contributed by atoms with Gasteiger partial charge >= 0.3 is 0 Å². The Kier molecular flexibility index (Phi) is 3.48. The molecule has 0 aliphatic heterocycles. The van der Waals surface area contributed by atoms with Crippen molar-refractivity contribution >= 4 is 10.8 Å². The van der Waals surface area contributed by atoms with Crippen LogP contribution in [0.4, 0.5) is 0 Å². The van der Waals surface area contributed by atoms with Crippen molar-refractivity contribution in [3.63, 3.8) is 0 Å². The summed E-state index contributed by atoms with van der Waals surface area (Å²) in [6, 6.07) is 11.8. The van der Waals surface area contributed by atoms with Crippen LogP contribution >= 0.6 is 0 Å². The number of hydrogen-bond acceptors (Lipinski definition) is 2. The molecule has 3 rings (SSSR count). The van der Waals surface area contributed by atoms with Gasteiger partial charge in [-0.1, -0.05) is 38.0 Å². The van der Waals surface area contributed by atoms with E-state index < -0.39 is 5.60 Å². The molecule has 1 heterocycles. The van der Waals surface area contributed by atoms with Gasteiger partial charge in [0.15, 0.2) is 0 Å². The fraction of sp³-hybridized carbons (Fsp3) is 0.211. The molecule has 0 aliphatic carbocycles. The van der Waals surface area contributed by atoms with E-state index in [0.29, 0.717) is 5.69 Å². The number of imidazole rings is 1. The average molecular weight is 290 g/mol. The van der Waals surface area contributed by atoms with Gasteiger partial charge in [-0.2, -0.15) is 0 Å². The lowest BCUT2D eigenvalue weighted by Crippen LogP contribution is -2.33. The fourth-order valence-electron chi connectivity index (χ4n) is 2.84. The third-order valence-electron chi connectivity index (χ3n) is 4.19. The van der Waals surface area contributed by atoms with Crippen molar-refractivity contribution in [2.24, 2.45) is 5.92 Å². The van der Waals surface area contributed by atoms with Gasteiger partial charge in [0.25, 0.3) is 0 Å². The van der Waals surface area contributed by atoms with Crippen LogP contribution in [0.25, 0.3) is 10.8 Å². The monoisotopic (exact) mass is 290 g/mol. The van der Waals surface area contributed by atoms with Gasteiger partial charge in [0, 0.05) is 5.56 Å². The Hall–Kier alpha value is -2.57. The molecule has 2 N–H and O–H groups in total. The van der Waals surface area contributed by atoms with Gasteiger partial charge in [-0.25, -0.2) is 4.98 Å². The lowest BCUT2D eigenvalue weighted by Gasteiger charge is -2.32. The molecular formula is C19H18N2O. The number of benzene rings is 2. The molecule has 1 atom stereocenters. The normalized spacial score (nSPS) is 14.0. The van der Waals surface area contributed by atoms with Crippen LogP contribution in [-0.2, 0) is 5.60 Å². The molecule has 0 bridgehead atoms. The highest BCUT2D eigenvalue weighted by Gasteiger charge is 2.36. The van der Waals surface area contributed by atoms with Crippen molar-refractivity contribution in [3.8, 4) is 12.3 Å². The summed E-state index contributed by atoms with van der Waals surface area (Å²) < 4.78 is 0. The smallest absolute Gasteiger partial charge is 0.133 e. The number of rotatable bonds is 3. The Morgan fingerprint density at radius 2 is 1.91 bits per heavy atom. The predicted molar refractivity (Wildman–Crippen MR) is 88.3 cm³/mol. The molecular weight excluding hydrogens is 272 g/mol. The van der Waals surface area contributed by atoms with Crippen LogP contribution in [0, 0.1) is 18.3 Å². The summed E-state index contributed by atoms with van der Waals surface area (Å²) in [5, 5.41) is 13.4. The highest BCUT2D eigenvalue weighted by Crippen LogP contribution is 2.36. The fourth-order valence-corrected chi connectivity index (χ4v) is 2.84. The molecule has 0 saturated carbocycles. The van der Waals surface area contributed by atoms with Crippen molar-refractivity contribution < 1.29 is 5.11 Å². The maximum absolute atomic E-state index is 11.3. The number of aromatic amines is 1. The van der Waals surface area contributed by atoms with Gasteiger partial charge in [0.2, 0.25) is 0 Å². The number of H-pyrrole nitrogens is 1. The number of nitrogens with zero attached hydrogens (tertiary/aromatic N) is 1. The van der Waals surface area contributed by atoms with Gasteiger partial charge in [-0.3, -0.25) is 0 Å². The average Bonchev–Trinajstić information content (AvgIpc) is 3.07. The number of hydrogen-bond donors (Lipinski definition) is 2. The van der Waals surface area contributed by atoms with E-state index in [2.05, 4.69) is 15.9 Å². The van der Waals surface area contributed by atoms with Gasteiger partial charge in [0.05, 0.1) is 18.2 Å². The summed E-state index contributed by atoms with van der Waals surface area (Å²) in [5.41, 5.74) is 1.29. The van der Waals surface area contributed by atoms with Crippen LogP contribution < -0.4 is 0 Å². The number of terminal acetylenes is 1. The molecule has 22 heavy (non-hydrogen) atoms. The van der Waals surface area contributed by atoms with E-state index in [1.165, 1.54) is 0 Å². The molecule has 0 fully saturated rings. The molecule has 2 aromatic carbocycles. The van der Waals surface area contributed by atoms with Crippen LogP contribution in [0.15, 0.2) is 48.9 Å². The zero-order valence-electron chi connectivity index (χ0n) is 12.7. The largest absolute Gasteiger partial charge is 0.379 e. The molecule has 0 aliphatic rings. The van der Waals surface area contributed by atoms with Crippen molar-refractivity contribution in [2.45, 2.75) is 19.4 Å². The first kappa shape index (κ1) is 14.4. The molecule has 3 heteroatoms. The lowest BCUT2D eigenvalue weighted by molar-refractivity contribution is 0.0281. The minimum absolute atomic E-state index is 0.00428. The van der Waals surface area contributed by atoms with Crippen molar-refractivity contribution in [1.82, 2.24) is 9.97 Å². The topological polar surface area (TPSA) is 48.9 Å². The summed E-state index contributed by atoms with van der Waals surface area (Å²) in [6.45, 7) is 3.99. The Labute approximate surface area is 130 Å². The zero-order chi connectivity index (χ0) is 15.7. The first-order chi connectivity index (χ1) is 10.6. The summed E-state index contributed by atoms with van der Waals surface area (Å²) >= 11 is 0. The quantitative estimate of drug-likeness (QED) is 0.726. The summed E-state index contributed by atoms with van der Waals surface area (Å²) in [6.07, 6.45) is 8.70. The first-order valence-electron chi connectivity index (χ1n) is 7.28. The Balaban J connectivity index is 2.18. The molecule has 110 valence electrons. The van der Waals surface area contributed by atoms with Gasteiger partial charge < -0.3 is 10.1 Å². The third-order valence-corrected chi connectivity index (χ3v) is 4.19. The van der Waals surface area contributed by atoms with E-state index in [1.807, 2.05) is 50.2 Å².